The van der Waals surface area contributed by atoms with Gasteiger partial charge in [-0.15, -0.1) is 0 Å². The fourth-order valence-corrected chi connectivity index (χ4v) is 5.43. The van der Waals surface area contributed by atoms with Gasteiger partial charge < -0.3 is 44.5 Å². The van der Waals surface area contributed by atoms with Crippen LogP contribution in [-0.4, -0.2) is 44.7 Å². The second-order valence-corrected chi connectivity index (χ2v) is 9.97. The molecule has 0 spiro atoms. The molecule has 0 amide bonds. The predicted molar refractivity (Wildman–Crippen MR) is 102 cm³/mol. The van der Waals surface area contributed by atoms with E-state index in [1.807, 2.05) is 0 Å². The third-order valence-corrected chi connectivity index (χ3v) is 6.91. The quantitative estimate of drug-likeness (QED) is 0.174. The molecular weight excluding hydrogens is 539 g/mol. The molecule has 1 aromatic heterocycles. The zero-order chi connectivity index (χ0) is 23.7. The maximum absolute atomic E-state index is 12.3. The number of anilines is 1. The smallest absolute Gasteiger partial charge is 0.809 e. The molecule has 0 bridgehead atoms. The topological polar surface area (TPSA) is 235 Å². The van der Waals surface area contributed by atoms with Crippen molar-refractivity contribution in [3.05, 3.63) is 58.6 Å². The van der Waals surface area contributed by atoms with Crippen molar-refractivity contribution in [2.24, 2.45) is 0 Å². The van der Waals surface area contributed by atoms with Gasteiger partial charge in [0.1, 0.15) is 24.1 Å². The molecule has 1 aliphatic rings. The van der Waals surface area contributed by atoms with Gasteiger partial charge in [-0.3, -0.25) is 9.13 Å². The van der Waals surface area contributed by atoms with Gasteiger partial charge in [0.15, 0.2) is 6.23 Å². The number of rotatable bonds is 8. The van der Waals surface area contributed by atoms with Gasteiger partial charge in [0, 0.05) is 6.20 Å². The van der Waals surface area contributed by atoms with Gasteiger partial charge in [-0.1, -0.05) is 30.3 Å². The molecule has 0 aliphatic carbocycles. The molecule has 35 heavy (non-hydrogen) atoms. The van der Waals surface area contributed by atoms with Crippen LogP contribution in [0.3, 0.4) is 0 Å². The molecule has 2 heterocycles. The van der Waals surface area contributed by atoms with E-state index in [0.29, 0.717) is 0 Å². The van der Waals surface area contributed by atoms with Gasteiger partial charge >= 0.3 is 94.4 Å². The molecule has 176 valence electrons. The number of ether oxygens (including phenoxy) is 1. The molecule has 1 fully saturated rings. The molecule has 2 aromatic rings. The summed E-state index contributed by atoms with van der Waals surface area (Å²) in [5.74, 6) is -2.21. The first-order chi connectivity index (χ1) is 14.9. The molecule has 0 radical (unpaired) electrons. The monoisotopic (exact) mass is 558 g/mol. The van der Waals surface area contributed by atoms with Crippen LogP contribution in [0.25, 0.3) is 0 Å². The number of nitrogens with two attached hydrogens (primary N) is 1. The van der Waals surface area contributed by atoms with E-state index in [1.165, 1.54) is 42.6 Å². The average molecular weight is 558 g/mol. The van der Waals surface area contributed by atoms with E-state index in [4.69, 9.17) is 10.5 Å². The van der Waals surface area contributed by atoms with Gasteiger partial charge in [0.25, 0.3) is 0 Å². The summed E-state index contributed by atoms with van der Waals surface area (Å²) in [5, 5.41) is 22.0. The maximum atomic E-state index is 12.3. The molecule has 0 saturated carbocycles. The van der Waals surface area contributed by atoms with E-state index < -0.39 is 58.0 Å². The minimum absolute atomic E-state index is 0. The summed E-state index contributed by atoms with van der Waals surface area (Å²) in [5.41, 5.74) is 4.38. The molecule has 1 aromatic carbocycles. The van der Waals surface area contributed by atoms with Gasteiger partial charge in [0.2, 0.25) is 7.75 Å². The minimum Gasteiger partial charge on any atom is -0.809 e. The van der Waals surface area contributed by atoms with Crippen LogP contribution in [0.1, 0.15) is 17.6 Å². The van der Waals surface area contributed by atoms with Crippen molar-refractivity contribution in [2.45, 2.75) is 30.3 Å². The van der Waals surface area contributed by atoms with Gasteiger partial charge in [0.05, 0.1) is 12.4 Å². The molecule has 5 N–H and O–H groups in total. The van der Waals surface area contributed by atoms with Crippen molar-refractivity contribution >= 4 is 21.2 Å². The van der Waals surface area contributed by atoms with Crippen LogP contribution in [0, 0.1) is 0 Å². The summed E-state index contributed by atoms with van der Waals surface area (Å²) >= 11 is 0. The van der Waals surface area contributed by atoms with Crippen LogP contribution in [0.2, 0.25) is 0 Å². The zero-order valence-electron chi connectivity index (χ0n) is 19.2. The van der Waals surface area contributed by atoms with Crippen molar-refractivity contribution < 1.29 is 132 Å². The van der Waals surface area contributed by atoms with E-state index in [-0.39, 0.29) is 100 Å². The van der Waals surface area contributed by atoms with Crippen LogP contribution in [0.4, 0.5) is 5.82 Å². The van der Waals surface area contributed by atoms with Crippen molar-refractivity contribution in [1.82, 2.24) is 14.6 Å². The molecule has 2 unspecified atom stereocenters. The number of aromatic nitrogens is 2. The Morgan fingerprint density at radius 2 is 1.71 bits per heavy atom. The summed E-state index contributed by atoms with van der Waals surface area (Å²) in [6, 6.07) is 8.09. The van der Waals surface area contributed by atoms with Crippen molar-refractivity contribution in [3.63, 3.8) is 0 Å². The van der Waals surface area contributed by atoms with Crippen molar-refractivity contribution in [3.8, 4) is 0 Å². The molecule has 14 nitrogen and oxygen atoms in total. The summed E-state index contributed by atoms with van der Waals surface area (Å²) in [6.45, 7) is -0.858. The van der Waals surface area contributed by atoms with Gasteiger partial charge in [-0.2, -0.15) is 4.98 Å². The number of benzene rings is 1. The maximum Gasteiger partial charge on any atom is 1.00 e. The Balaban J connectivity index is 0.00000385. The fourth-order valence-electron chi connectivity index (χ4n) is 3.04. The number of hydrogen-bond donors (Lipinski definition) is 4. The first-order valence-electron chi connectivity index (χ1n) is 9.05. The Labute approximate surface area is 266 Å². The van der Waals surface area contributed by atoms with E-state index in [2.05, 4.69) is 9.51 Å². The van der Waals surface area contributed by atoms with E-state index >= 15 is 0 Å². The van der Waals surface area contributed by atoms with Crippen LogP contribution >= 0.6 is 15.3 Å². The van der Waals surface area contributed by atoms with Gasteiger partial charge in [-0.05, 0) is 19.2 Å². The third-order valence-electron chi connectivity index (χ3n) is 4.58. The summed E-state index contributed by atoms with van der Waals surface area (Å²) < 4.78 is 34.7. The fraction of sp³-hybridized carbons (Fsp3) is 0.375. The Hall–Kier alpha value is 1.04. The Morgan fingerprint density at radius 1 is 1.11 bits per heavy atom. The van der Waals surface area contributed by atoms with Crippen LogP contribution in [0.15, 0.2) is 47.4 Å². The Kier molecular flexibility index (Phi) is 15.4. The Bertz CT molecular complexity index is 1110. The van der Waals surface area contributed by atoms with Crippen molar-refractivity contribution in [2.75, 3.05) is 12.3 Å². The molecule has 3 rings (SSSR count). The number of aliphatic hydroxyl groups excluding tert-OH is 2. The largest absolute Gasteiger partial charge is 1.00 e. The predicted octanol–water partition coefficient (Wildman–Crippen LogP) is -11.9. The number of nitrogens with one attached hydrogen (secondary N) is 1. The van der Waals surface area contributed by atoms with E-state index in [0.717, 1.165) is 4.57 Å². The molecular formula is C16H19N4Na3O10P2. The van der Waals surface area contributed by atoms with Crippen LogP contribution in [-0.2, 0) is 18.4 Å². The van der Waals surface area contributed by atoms with Crippen LogP contribution < -0.4 is 120 Å². The number of nitrogen functional groups attached to an aromatic ring is 1. The first kappa shape index (κ1) is 36.0. The molecule has 6 atom stereocenters. The van der Waals surface area contributed by atoms with Crippen molar-refractivity contribution in [1.29, 1.82) is 0 Å². The number of nitrogens with zero attached hydrogens (tertiary/aromatic N) is 2. The average Bonchev–Trinajstić information content (AvgIpc) is 2.99. The van der Waals surface area contributed by atoms with E-state index in [1.54, 1.807) is 5.09 Å². The van der Waals surface area contributed by atoms with Crippen LogP contribution in [0.5, 0.6) is 0 Å². The summed E-state index contributed by atoms with van der Waals surface area (Å²) in [4.78, 5) is 50.8. The molecule has 19 heteroatoms. The number of hydrogen-bond acceptors (Lipinski definition) is 12. The normalized spacial score (nSPS) is 24.3. The molecule has 1 aliphatic heterocycles. The summed E-state index contributed by atoms with van der Waals surface area (Å²) in [6.07, 6.45) is -4.99. The van der Waals surface area contributed by atoms with E-state index in [9.17, 15) is 38.8 Å². The summed E-state index contributed by atoms with van der Waals surface area (Å²) in [7, 11) is -10.6. The first-order valence-corrected chi connectivity index (χ1v) is 12.2. The minimum atomic E-state index is -5.46. The zero-order valence-corrected chi connectivity index (χ0v) is 27.0. The number of aliphatic hydroxyl groups is 2. The second kappa shape index (κ2) is 15.0. The SMILES string of the molecule is Nc1ccn(C2O[C@H](COP(=O)([O-])N[C@H](c3ccccc3)P(=O)([O-])[O-])[C@@H](O)[C@H]2O)c(=O)n1.[Na+].[Na+].[Na+]. The standard InChI is InChI=1S/C16H22N4O10P2.3Na/c17-11-6-7-20(16(23)18-11)15-13(22)12(21)10(30-15)8-29-32(27,28)19-14(31(24,25)26)9-4-2-1-3-5-9;;;/h1-7,10,12-15,21-22H,8H2,(H2,17,18,23)(H2,19,27,28)(H2,24,25,26);;;/q;3*+1/p-3/t10-,12-,13-,14+,15?;;;/m1.../s1. The van der Waals surface area contributed by atoms with Gasteiger partial charge in [-0.25, -0.2) is 9.88 Å². The Morgan fingerprint density at radius 3 is 2.26 bits per heavy atom. The third kappa shape index (κ3) is 9.63. The second-order valence-electron chi connectivity index (χ2n) is 6.86. The molecule has 1 saturated heterocycles.